The second-order valence-electron chi connectivity index (χ2n) is 5.01. The highest BCUT2D eigenvalue weighted by molar-refractivity contribution is 5.23. The molecule has 1 aliphatic rings. The van der Waals surface area contributed by atoms with Gasteiger partial charge in [-0.1, -0.05) is 18.2 Å². The molecular weight excluding hydrogens is 213 g/mol. The van der Waals surface area contributed by atoms with Crippen molar-refractivity contribution in [1.29, 1.82) is 0 Å². The third kappa shape index (κ3) is 3.16. The van der Waals surface area contributed by atoms with Crippen molar-refractivity contribution < 1.29 is 4.39 Å². The first-order valence-electron chi connectivity index (χ1n) is 6.31. The lowest BCUT2D eigenvalue weighted by atomic mass is 9.75. The molecule has 0 aliphatic heterocycles. The molecule has 1 aromatic carbocycles. The summed E-state index contributed by atoms with van der Waals surface area (Å²) in [6.07, 6.45) is 5.28. The molecule has 0 aromatic heterocycles. The SMILES string of the molecule is C=CCC(C)NC1CC(c2ccc(F)cc2)C1. The fourth-order valence-corrected chi connectivity index (χ4v) is 2.48. The van der Waals surface area contributed by atoms with Gasteiger partial charge < -0.3 is 5.32 Å². The third-order valence-electron chi connectivity index (χ3n) is 3.52. The molecule has 0 saturated heterocycles. The second-order valence-corrected chi connectivity index (χ2v) is 5.01. The highest BCUT2D eigenvalue weighted by Crippen LogP contribution is 2.37. The van der Waals surface area contributed by atoms with Crippen LogP contribution in [0, 0.1) is 5.82 Å². The minimum absolute atomic E-state index is 0.151. The van der Waals surface area contributed by atoms with Crippen LogP contribution in [-0.2, 0) is 0 Å². The molecule has 1 N–H and O–H groups in total. The average Bonchev–Trinajstić information content (AvgIpc) is 2.25. The van der Waals surface area contributed by atoms with E-state index in [1.807, 2.05) is 18.2 Å². The van der Waals surface area contributed by atoms with Crippen molar-refractivity contribution in [2.24, 2.45) is 0 Å². The van der Waals surface area contributed by atoms with E-state index in [0.717, 1.165) is 19.3 Å². The van der Waals surface area contributed by atoms with Gasteiger partial charge in [-0.15, -0.1) is 6.58 Å². The van der Waals surface area contributed by atoms with Gasteiger partial charge in [0.05, 0.1) is 0 Å². The van der Waals surface area contributed by atoms with Gasteiger partial charge in [0.2, 0.25) is 0 Å². The summed E-state index contributed by atoms with van der Waals surface area (Å²) in [4.78, 5) is 0. The van der Waals surface area contributed by atoms with Crippen LogP contribution >= 0.6 is 0 Å². The molecule has 1 atom stereocenters. The van der Waals surface area contributed by atoms with Crippen LogP contribution < -0.4 is 5.32 Å². The summed E-state index contributed by atoms with van der Waals surface area (Å²) in [5, 5.41) is 3.58. The van der Waals surface area contributed by atoms with Gasteiger partial charge in [-0.05, 0) is 49.8 Å². The Balaban J connectivity index is 1.78. The zero-order valence-corrected chi connectivity index (χ0v) is 10.3. The third-order valence-corrected chi connectivity index (χ3v) is 3.52. The van der Waals surface area contributed by atoms with Crippen molar-refractivity contribution >= 4 is 0 Å². The van der Waals surface area contributed by atoms with Gasteiger partial charge >= 0.3 is 0 Å². The van der Waals surface area contributed by atoms with Crippen molar-refractivity contribution in [3.63, 3.8) is 0 Å². The zero-order chi connectivity index (χ0) is 12.3. The molecule has 2 rings (SSSR count). The molecule has 1 unspecified atom stereocenters. The lowest BCUT2D eigenvalue weighted by Crippen LogP contribution is -2.44. The second kappa shape index (κ2) is 5.46. The lowest BCUT2D eigenvalue weighted by Gasteiger charge is -2.38. The van der Waals surface area contributed by atoms with E-state index >= 15 is 0 Å². The van der Waals surface area contributed by atoms with E-state index in [1.165, 1.54) is 5.56 Å². The van der Waals surface area contributed by atoms with E-state index in [-0.39, 0.29) is 5.82 Å². The average molecular weight is 233 g/mol. The molecule has 17 heavy (non-hydrogen) atoms. The fraction of sp³-hybridized carbons (Fsp3) is 0.467. The van der Waals surface area contributed by atoms with Gasteiger partial charge in [-0.25, -0.2) is 4.39 Å². The van der Waals surface area contributed by atoms with E-state index < -0.39 is 0 Å². The van der Waals surface area contributed by atoms with Crippen molar-refractivity contribution in [1.82, 2.24) is 5.32 Å². The molecule has 1 fully saturated rings. The first kappa shape index (κ1) is 12.3. The maximum Gasteiger partial charge on any atom is 0.123 e. The summed E-state index contributed by atoms with van der Waals surface area (Å²) in [6, 6.07) is 8.03. The Morgan fingerprint density at radius 1 is 1.41 bits per heavy atom. The predicted molar refractivity (Wildman–Crippen MR) is 69.6 cm³/mol. The summed E-state index contributed by atoms with van der Waals surface area (Å²) in [5.74, 6) is 0.450. The van der Waals surface area contributed by atoms with Crippen LogP contribution in [0.5, 0.6) is 0 Å². The van der Waals surface area contributed by atoms with Crippen LogP contribution in [0.1, 0.15) is 37.7 Å². The standard InChI is InChI=1S/C15H20FN/c1-3-4-11(2)17-15-9-13(10-15)12-5-7-14(16)8-6-12/h3,5-8,11,13,15,17H,1,4,9-10H2,2H3. The molecule has 92 valence electrons. The van der Waals surface area contributed by atoms with E-state index in [1.54, 1.807) is 12.1 Å². The topological polar surface area (TPSA) is 12.0 Å². The molecule has 0 radical (unpaired) electrons. The van der Waals surface area contributed by atoms with Gasteiger partial charge in [-0.3, -0.25) is 0 Å². The van der Waals surface area contributed by atoms with E-state index in [2.05, 4.69) is 18.8 Å². The molecule has 1 saturated carbocycles. The number of hydrogen-bond donors (Lipinski definition) is 1. The van der Waals surface area contributed by atoms with Crippen LogP contribution in [0.2, 0.25) is 0 Å². The molecule has 0 amide bonds. The first-order chi connectivity index (χ1) is 8.19. The fourth-order valence-electron chi connectivity index (χ4n) is 2.48. The summed E-state index contributed by atoms with van der Waals surface area (Å²) in [6.45, 7) is 5.93. The number of halogens is 1. The molecule has 1 aromatic rings. The minimum Gasteiger partial charge on any atom is -0.311 e. The Labute approximate surface area is 103 Å². The Kier molecular flexibility index (Phi) is 3.95. The van der Waals surface area contributed by atoms with Crippen LogP contribution in [-0.4, -0.2) is 12.1 Å². The van der Waals surface area contributed by atoms with Crippen molar-refractivity contribution in [2.45, 2.75) is 44.2 Å². The van der Waals surface area contributed by atoms with E-state index in [9.17, 15) is 4.39 Å². The highest BCUT2D eigenvalue weighted by atomic mass is 19.1. The van der Waals surface area contributed by atoms with E-state index in [4.69, 9.17) is 0 Å². The molecular formula is C15H20FN. The van der Waals surface area contributed by atoms with Crippen molar-refractivity contribution in [3.05, 3.63) is 48.3 Å². The van der Waals surface area contributed by atoms with Crippen LogP contribution in [0.25, 0.3) is 0 Å². The lowest BCUT2D eigenvalue weighted by molar-refractivity contribution is 0.270. The Hall–Kier alpha value is -1.15. The van der Waals surface area contributed by atoms with Crippen LogP contribution in [0.4, 0.5) is 4.39 Å². The van der Waals surface area contributed by atoms with Crippen LogP contribution in [0.15, 0.2) is 36.9 Å². The highest BCUT2D eigenvalue weighted by Gasteiger charge is 2.30. The summed E-state index contributed by atoms with van der Waals surface area (Å²) in [7, 11) is 0. The van der Waals surface area contributed by atoms with Gasteiger partial charge in [0.1, 0.15) is 5.82 Å². The largest absolute Gasteiger partial charge is 0.311 e. The monoisotopic (exact) mass is 233 g/mol. The molecule has 0 heterocycles. The Morgan fingerprint density at radius 2 is 2.06 bits per heavy atom. The minimum atomic E-state index is -0.151. The number of hydrogen-bond acceptors (Lipinski definition) is 1. The quantitative estimate of drug-likeness (QED) is 0.766. The first-order valence-corrected chi connectivity index (χ1v) is 6.31. The normalized spacial score (nSPS) is 25.1. The molecule has 1 nitrogen and oxygen atoms in total. The van der Waals surface area contributed by atoms with Gasteiger partial charge in [0, 0.05) is 12.1 Å². The molecule has 2 heteroatoms. The van der Waals surface area contributed by atoms with Crippen LogP contribution in [0.3, 0.4) is 0 Å². The van der Waals surface area contributed by atoms with Gasteiger partial charge in [0.25, 0.3) is 0 Å². The smallest absolute Gasteiger partial charge is 0.123 e. The van der Waals surface area contributed by atoms with Crippen molar-refractivity contribution in [2.75, 3.05) is 0 Å². The maximum atomic E-state index is 12.8. The summed E-state index contributed by atoms with van der Waals surface area (Å²) < 4.78 is 12.8. The van der Waals surface area contributed by atoms with Crippen molar-refractivity contribution in [3.8, 4) is 0 Å². The molecule has 0 bridgehead atoms. The summed E-state index contributed by atoms with van der Waals surface area (Å²) >= 11 is 0. The Bertz CT molecular complexity index is 365. The van der Waals surface area contributed by atoms with E-state index in [0.29, 0.717) is 18.0 Å². The Morgan fingerprint density at radius 3 is 2.65 bits per heavy atom. The van der Waals surface area contributed by atoms with Gasteiger partial charge in [-0.2, -0.15) is 0 Å². The summed E-state index contributed by atoms with van der Waals surface area (Å²) in [5.41, 5.74) is 1.26. The predicted octanol–water partition coefficient (Wildman–Crippen LogP) is 3.63. The zero-order valence-electron chi connectivity index (χ0n) is 10.3. The maximum absolute atomic E-state index is 12.8. The molecule has 1 aliphatic carbocycles. The van der Waals surface area contributed by atoms with Gasteiger partial charge in [0.15, 0.2) is 0 Å². The molecule has 0 spiro atoms. The number of benzene rings is 1. The number of rotatable bonds is 5. The number of nitrogens with one attached hydrogen (secondary N) is 1.